The van der Waals surface area contributed by atoms with Crippen LogP contribution in [0.2, 0.25) is 5.02 Å². The number of amides is 1. The number of benzene rings is 1. The van der Waals surface area contributed by atoms with Crippen LogP contribution in [-0.2, 0) is 13.2 Å². The Morgan fingerprint density at radius 1 is 1.40 bits per heavy atom. The fourth-order valence-corrected chi connectivity index (χ4v) is 3.21. The monoisotopic (exact) mass is 375 g/mol. The van der Waals surface area contributed by atoms with E-state index in [0.29, 0.717) is 27.9 Å². The van der Waals surface area contributed by atoms with E-state index < -0.39 is 0 Å². The molecule has 0 radical (unpaired) electrons. The maximum atomic E-state index is 12.3. The Morgan fingerprint density at radius 2 is 2.24 bits per heavy atom. The Kier molecular flexibility index (Phi) is 5.40. The van der Waals surface area contributed by atoms with E-state index in [4.69, 9.17) is 16.3 Å². The zero-order valence-electron chi connectivity index (χ0n) is 14.0. The molecule has 1 N–H and O–H groups in total. The van der Waals surface area contributed by atoms with Gasteiger partial charge in [-0.1, -0.05) is 17.7 Å². The van der Waals surface area contributed by atoms with Gasteiger partial charge in [0.05, 0.1) is 21.8 Å². The van der Waals surface area contributed by atoms with E-state index >= 15 is 0 Å². The fourth-order valence-electron chi connectivity index (χ4n) is 2.25. The third-order valence-electron chi connectivity index (χ3n) is 3.57. The Balaban J connectivity index is 1.61. The van der Waals surface area contributed by atoms with E-state index in [1.54, 1.807) is 17.1 Å². The first-order valence-electron chi connectivity index (χ1n) is 7.85. The quantitative estimate of drug-likeness (QED) is 0.675. The van der Waals surface area contributed by atoms with E-state index in [0.717, 1.165) is 17.7 Å². The number of anilines is 1. The van der Waals surface area contributed by atoms with Crippen LogP contribution in [-0.4, -0.2) is 15.7 Å². The van der Waals surface area contributed by atoms with Gasteiger partial charge in [0.25, 0.3) is 5.91 Å². The summed E-state index contributed by atoms with van der Waals surface area (Å²) in [6.45, 7) is 5.10. The summed E-state index contributed by atoms with van der Waals surface area (Å²) >= 11 is 7.51. The lowest BCUT2D eigenvalue weighted by atomic mass is 10.2. The molecule has 0 aliphatic carbocycles. The third kappa shape index (κ3) is 4.41. The van der Waals surface area contributed by atoms with E-state index in [-0.39, 0.29) is 5.91 Å². The Hall–Kier alpha value is -2.31. The molecular formula is C18H18ClN3O2S. The van der Waals surface area contributed by atoms with Crippen molar-refractivity contribution in [2.75, 3.05) is 5.32 Å². The predicted molar refractivity (Wildman–Crippen MR) is 101 cm³/mol. The minimum absolute atomic E-state index is 0.152. The predicted octanol–water partition coefficient (Wildman–Crippen LogP) is 4.76. The van der Waals surface area contributed by atoms with Crippen molar-refractivity contribution in [3.63, 3.8) is 0 Å². The van der Waals surface area contributed by atoms with Crippen LogP contribution in [0, 0.1) is 6.92 Å². The van der Waals surface area contributed by atoms with Crippen molar-refractivity contribution in [2.45, 2.75) is 27.0 Å². The van der Waals surface area contributed by atoms with Gasteiger partial charge in [-0.05, 0) is 43.0 Å². The number of hydrogen-bond acceptors (Lipinski definition) is 4. The zero-order valence-corrected chi connectivity index (χ0v) is 15.5. The number of nitrogens with zero attached hydrogens (tertiary/aromatic N) is 2. The maximum absolute atomic E-state index is 12.3. The number of carbonyl (C=O) groups excluding carboxylic acids is 1. The fraction of sp³-hybridized carbons (Fsp3) is 0.222. The van der Waals surface area contributed by atoms with Crippen LogP contribution in [0.1, 0.15) is 27.7 Å². The van der Waals surface area contributed by atoms with Gasteiger partial charge >= 0.3 is 0 Å². The summed E-state index contributed by atoms with van der Waals surface area (Å²) in [6, 6.07) is 7.47. The number of aryl methyl sites for hydroxylation is 2. The van der Waals surface area contributed by atoms with E-state index in [1.807, 2.05) is 43.5 Å². The molecule has 1 amide bonds. The molecule has 3 rings (SSSR count). The molecule has 5 nitrogen and oxygen atoms in total. The summed E-state index contributed by atoms with van der Waals surface area (Å²) in [7, 11) is 0. The highest BCUT2D eigenvalue weighted by Gasteiger charge is 2.11. The first-order valence-corrected chi connectivity index (χ1v) is 9.11. The topological polar surface area (TPSA) is 56.2 Å². The average Bonchev–Trinajstić information content (AvgIpc) is 3.25. The number of aromatic nitrogens is 2. The molecule has 7 heteroatoms. The van der Waals surface area contributed by atoms with Gasteiger partial charge in [0, 0.05) is 18.3 Å². The molecule has 0 spiro atoms. The van der Waals surface area contributed by atoms with Gasteiger partial charge in [0.2, 0.25) is 0 Å². The second-order valence-electron chi connectivity index (χ2n) is 5.58. The minimum atomic E-state index is -0.152. The molecule has 2 heterocycles. The first-order chi connectivity index (χ1) is 12.0. The summed E-state index contributed by atoms with van der Waals surface area (Å²) in [5.74, 6) is 0.492. The summed E-state index contributed by atoms with van der Waals surface area (Å²) in [5, 5.41) is 9.47. The Morgan fingerprint density at radius 3 is 3.00 bits per heavy atom. The standard InChI is InChI=1S/C18H18ClN3O2S/c1-3-22-9-14(8-20-22)21-18(23)17-7-13(11-25-17)10-24-16-6-12(2)4-5-15(16)19/h4-9,11H,3,10H2,1-2H3,(H,21,23). The van der Waals surface area contributed by atoms with E-state index in [9.17, 15) is 4.79 Å². The van der Waals surface area contributed by atoms with Crippen molar-refractivity contribution in [1.82, 2.24) is 9.78 Å². The number of halogens is 1. The van der Waals surface area contributed by atoms with Crippen molar-refractivity contribution < 1.29 is 9.53 Å². The number of rotatable bonds is 6. The third-order valence-corrected chi connectivity index (χ3v) is 4.86. The van der Waals surface area contributed by atoms with E-state index in [2.05, 4.69) is 10.4 Å². The van der Waals surface area contributed by atoms with Crippen molar-refractivity contribution in [3.05, 3.63) is 63.1 Å². The summed E-state index contributed by atoms with van der Waals surface area (Å²) in [5.41, 5.74) is 2.69. The van der Waals surface area contributed by atoms with Crippen LogP contribution in [0.4, 0.5) is 5.69 Å². The smallest absolute Gasteiger partial charge is 0.265 e. The maximum Gasteiger partial charge on any atom is 0.265 e. The summed E-state index contributed by atoms with van der Waals surface area (Å²) < 4.78 is 7.52. The normalized spacial score (nSPS) is 10.7. The molecular weight excluding hydrogens is 358 g/mol. The number of ether oxygens (including phenoxy) is 1. The van der Waals surface area contributed by atoms with Crippen molar-refractivity contribution in [1.29, 1.82) is 0 Å². The van der Waals surface area contributed by atoms with Crippen molar-refractivity contribution >= 4 is 34.5 Å². The summed E-state index contributed by atoms with van der Waals surface area (Å²) in [6.07, 6.45) is 3.44. The lowest BCUT2D eigenvalue weighted by Gasteiger charge is -2.07. The SMILES string of the molecule is CCn1cc(NC(=O)c2cc(COc3cc(C)ccc3Cl)cs2)cn1. The lowest BCUT2D eigenvalue weighted by molar-refractivity contribution is 0.103. The number of thiophene rings is 1. The summed E-state index contributed by atoms with van der Waals surface area (Å²) in [4.78, 5) is 12.9. The van der Waals surface area contributed by atoms with Crippen molar-refractivity contribution in [3.8, 4) is 5.75 Å². The molecule has 0 aliphatic rings. The molecule has 0 unspecified atom stereocenters. The Bertz CT molecular complexity index is 888. The van der Waals surface area contributed by atoms with E-state index in [1.165, 1.54) is 11.3 Å². The second-order valence-corrected chi connectivity index (χ2v) is 6.90. The van der Waals surface area contributed by atoms with Crippen LogP contribution >= 0.6 is 22.9 Å². The number of carbonyl (C=O) groups is 1. The molecule has 0 aliphatic heterocycles. The van der Waals surface area contributed by atoms with Crippen LogP contribution < -0.4 is 10.1 Å². The average molecular weight is 376 g/mol. The lowest BCUT2D eigenvalue weighted by Crippen LogP contribution is -2.09. The van der Waals surface area contributed by atoms with Gasteiger partial charge < -0.3 is 10.1 Å². The number of nitrogens with one attached hydrogen (secondary N) is 1. The molecule has 0 bridgehead atoms. The van der Waals surface area contributed by atoms with Gasteiger partial charge in [-0.2, -0.15) is 5.10 Å². The molecule has 25 heavy (non-hydrogen) atoms. The Labute approximate surface area is 155 Å². The molecule has 0 atom stereocenters. The molecule has 130 valence electrons. The van der Waals surface area contributed by atoms with Crippen molar-refractivity contribution in [2.24, 2.45) is 0 Å². The first kappa shape index (κ1) is 17.5. The highest BCUT2D eigenvalue weighted by molar-refractivity contribution is 7.12. The van der Waals surface area contributed by atoms with Gasteiger partial charge in [0.15, 0.2) is 0 Å². The van der Waals surface area contributed by atoms with Crippen LogP contribution in [0.15, 0.2) is 42.0 Å². The van der Waals surface area contributed by atoms with Gasteiger partial charge in [-0.3, -0.25) is 9.48 Å². The van der Waals surface area contributed by atoms with Crippen LogP contribution in [0.3, 0.4) is 0 Å². The number of hydrogen-bond donors (Lipinski definition) is 1. The molecule has 0 saturated carbocycles. The highest BCUT2D eigenvalue weighted by Crippen LogP contribution is 2.27. The molecule has 1 aromatic carbocycles. The molecule has 0 saturated heterocycles. The second kappa shape index (κ2) is 7.72. The minimum Gasteiger partial charge on any atom is -0.487 e. The van der Waals surface area contributed by atoms with Gasteiger partial charge in [-0.25, -0.2) is 0 Å². The van der Waals surface area contributed by atoms with Crippen LogP contribution in [0.5, 0.6) is 5.75 Å². The van der Waals surface area contributed by atoms with Gasteiger partial charge in [0.1, 0.15) is 12.4 Å². The molecule has 0 fully saturated rings. The molecule has 3 aromatic rings. The highest BCUT2D eigenvalue weighted by atomic mass is 35.5. The zero-order chi connectivity index (χ0) is 17.8. The largest absolute Gasteiger partial charge is 0.487 e. The van der Waals surface area contributed by atoms with Gasteiger partial charge in [-0.15, -0.1) is 11.3 Å². The van der Waals surface area contributed by atoms with Crippen LogP contribution in [0.25, 0.3) is 0 Å². The molecule has 2 aromatic heterocycles.